The van der Waals surface area contributed by atoms with Crippen LogP contribution in [0.15, 0.2) is 0 Å². The molecule has 1 saturated heterocycles. The maximum atomic E-state index is 12.3. The van der Waals surface area contributed by atoms with Crippen molar-refractivity contribution >= 4 is 5.91 Å². The monoisotopic (exact) mass is 292 g/mol. The number of nitrogens with one attached hydrogen (secondary N) is 1. The number of amides is 1. The molecule has 3 rings (SSSR count). The van der Waals surface area contributed by atoms with Gasteiger partial charge in [0.25, 0.3) is 0 Å². The first-order valence-electron chi connectivity index (χ1n) is 7.73. The minimum Gasteiger partial charge on any atom is -0.347 e. The van der Waals surface area contributed by atoms with E-state index in [2.05, 4.69) is 25.0 Å². The van der Waals surface area contributed by atoms with Crippen LogP contribution in [-0.2, 0) is 24.3 Å². The second-order valence-corrected chi connectivity index (χ2v) is 6.06. The number of aryl methyl sites for hydroxylation is 1. The van der Waals surface area contributed by atoms with Crippen LogP contribution in [0.25, 0.3) is 0 Å². The van der Waals surface area contributed by atoms with Gasteiger partial charge in [-0.05, 0) is 12.8 Å². The first kappa shape index (κ1) is 14.5. The third-order valence-corrected chi connectivity index (χ3v) is 4.36. The summed E-state index contributed by atoms with van der Waals surface area (Å²) >= 11 is 0. The van der Waals surface area contributed by atoms with Gasteiger partial charge in [-0.15, -0.1) is 10.2 Å². The van der Waals surface area contributed by atoms with Gasteiger partial charge in [0.15, 0.2) is 0 Å². The van der Waals surface area contributed by atoms with Gasteiger partial charge in [-0.1, -0.05) is 0 Å². The molecule has 0 bridgehead atoms. The molecule has 1 aromatic rings. The van der Waals surface area contributed by atoms with Gasteiger partial charge < -0.3 is 14.8 Å². The summed E-state index contributed by atoms with van der Waals surface area (Å²) in [4.78, 5) is 16.2. The maximum absolute atomic E-state index is 12.3. The molecule has 1 unspecified atom stereocenters. The van der Waals surface area contributed by atoms with Crippen molar-refractivity contribution < 1.29 is 4.79 Å². The SMILES string of the molecule is CN(C)C(=O)C1CNCCN1Cc1nnc2n1CCCC2. The Balaban J connectivity index is 1.75. The normalized spacial score (nSPS) is 22.9. The van der Waals surface area contributed by atoms with Gasteiger partial charge in [0.2, 0.25) is 5.91 Å². The van der Waals surface area contributed by atoms with Crippen LogP contribution in [0.2, 0.25) is 0 Å². The third-order valence-electron chi connectivity index (χ3n) is 4.36. The molecule has 3 heterocycles. The highest BCUT2D eigenvalue weighted by molar-refractivity contribution is 5.81. The summed E-state index contributed by atoms with van der Waals surface area (Å²) < 4.78 is 2.24. The quantitative estimate of drug-likeness (QED) is 0.812. The summed E-state index contributed by atoms with van der Waals surface area (Å²) in [5, 5.41) is 12.0. The van der Waals surface area contributed by atoms with E-state index >= 15 is 0 Å². The molecule has 2 aliphatic rings. The van der Waals surface area contributed by atoms with Crippen LogP contribution in [0.4, 0.5) is 0 Å². The molecule has 0 aliphatic carbocycles. The van der Waals surface area contributed by atoms with E-state index in [-0.39, 0.29) is 11.9 Å². The van der Waals surface area contributed by atoms with Crippen LogP contribution >= 0.6 is 0 Å². The van der Waals surface area contributed by atoms with Gasteiger partial charge in [0, 0.05) is 46.7 Å². The molecule has 116 valence electrons. The van der Waals surface area contributed by atoms with Crippen LogP contribution in [0.1, 0.15) is 24.5 Å². The van der Waals surface area contributed by atoms with E-state index in [9.17, 15) is 4.79 Å². The van der Waals surface area contributed by atoms with Gasteiger partial charge >= 0.3 is 0 Å². The molecule has 1 N–H and O–H groups in total. The van der Waals surface area contributed by atoms with E-state index in [1.54, 1.807) is 4.90 Å². The number of aromatic nitrogens is 3. The third kappa shape index (κ3) is 2.94. The van der Waals surface area contributed by atoms with E-state index in [1.807, 2.05) is 14.1 Å². The second kappa shape index (κ2) is 6.11. The van der Waals surface area contributed by atoms with Crippen molar-refractivity contribution in [2.75, 3.05) is 33.7 Å². The summed E-state index contributed by atoms with van der Waals surface area (Å²) in [5.41, 5.74) is 0. The summed E-state index contributed by atoms with van der Waals surface area (Å²) in [6, 6.07) is -0.106. The predicted octanol–water partition coefficient (Wildman–Crippen LogP) is -0.524. The number of hydrogen-bond acceptors (Lipinski definition) is 5. The smallest absolute Gasteiger partial charge is 0.240 e. The number of fused-ring (bicyclic) bond motifs is 1. The summed E-state index contributed by atoms with van der Waals surface area (Å²) in [6.07, 6.45) is 3.42. The second-order valence-electron chi connectivity index (χ2n) is 6.06. The fourth-order valence-corrected chi connectivity index (χ4v) is 3.14. The average Bonchev–Trinajstić information content (AvgIpc) is 2.90. The zero-order valence-corrected chi connectivity index (χ0v) is 12.9. The molecule has 21 heavy (non-hydrogen) atoms. The first-order chi connectivity index (χ1) is 10.2. The van der Waals surface area contributed by atoms with Gasteiger partial charge in [-0.3, -0.25) is 9.69 Å². The van der Waals surface area contributed by atoms with Crippen LogP contribution < -0.4 is 5.32 Å². The number of rotatable bonds is 3. The van der Waals surface area contributed by atoms with Gasteiger partial charge in [-0.25, -0.2) is 0 Å². The predicted molar refractivity (Wildman–Crippen MR) is 78.7 cm³/mol. The Hall–Kier alpha value is -1.47. The molecule has 1 aromatic heterocycles. The molecule has 1 amide bonds. The Kier molecular flexibility index (Phi) is 4.21. The molecular weight excluding hydrogens is 268 g/mol. The summed E-state index contributed by atoms with van der Waals surface area (Å²) in [6.45, 7) is 4.21. The van der Waals surface area contributed by atoms with Crippen molar-refractivity contribution in [1.82, 2.24) is 29.9 Å². The van der Waals surface area contributed by atoms with E-state index in [4.69, 9.17) is 0 Å². The molecule has 1 fully saturated rings. The van der Waals surface area contributed by atoms with Crippen LogP contribution in [0.5, 0.6) is 0 Å². The minimum atomic E-state index is -0.106. The highest BCUT2D eigenvalue weighted by Crippen LogP contribution is 2.17. The van der Waals surface area contributed by atoms with Crippen LogP contribution in [-0.4, -0.2) is 70.2 Å². The van der Waals surface area contributed by atoms with Crippen LogP contribution in [0, 0.1) is 0 Å². The summed E-state index contributed by atoms with van der Waals surface area (Å²) in [5.74, 6) is 2.26. The lowest BCUT2D eigenvalue weighted by atomic mass is 10.1. The lowest BCUT2D eigenvalue weighted by Gasteiger charge is -2.36. The molecule has 0 spiro atoms. The standard InChI is InChI=1S/C14H24N6O/c1-18(2)14(21)11-9-15-6-8-19(11)10-13-17-16-12-5-3-4-7-20(12)13/h11,15H,3-10H2,1-2H3. The van der Waals surface area contributed by atoms with E-state index in [1.165, 1.54) is 12.8 Å². The number of carbonyl (C=O) groups is 1. The lowest BCUT2D eigenvalue weighted by Crippen LogP contribution is -2.57. The fraction of sp³-hybridized carbons (Fsp3) is 0.786. The molecule has 7 nitrogen and oxygen atoms in total. The average molecular weight is 292 g/mol. The topological polar surface area (TPSA) is 66.3 Å². The number of likely N-dealkylation sites (N-methyl/N-ethyl adjacent to an activating group) is 1. The molecule has 0 aromatic carbocycles. The molecule has 0 saturated carbocycles. The van der Waals surface area contributed by atoms with E-state index < -0.39 is 0 Å². The fourth-order valence-electron chi connectivity index (χ4n) is 3.14. The number of hydrogen-bond donors (Lipinski definition) is 1. The van der Waals surface area contributed by atoms with Gasteiger partial charge in [0.05, 0.1) is 6.54 Å². The van der Waals surface area contributed by atoms with Crippen molar-refractivity contribution in [1.29, 1.82) is 0 Å². The molecular formula is C14H24N6O. The van der Waals surface area contributed by atoms with Crippen molar-refractivity contribution in [2.24, 2.45) is 0 Å². The molecule has 1 atom stereocenters. The highest BCUT2D eigenvalue weighted by Gasteiger charge is 2.31. The number of carbonyl (C=O) groups excluding carboxylic acids is 1. The maximum Gasteiger partial charge on any atom is 0.240 e. The van der Waals surface area contributed by atoms with Crippen molar-refractivity contribution in [3.8, 4) is 0 Å². The zero-order chi connectivity index (χ0) is 14.8. The number of nitrogens with zero attached hydrogens (tertiary/aromatic N) is 5. The highest BCUT2D eigenvalue weighted by atomic mass is 16.2. The van der Waals surface area contributed by atoms with E-state index in [0.717, 1.165) is 37.7 Å². The first-order valence-corrected chi connectivity index (χ1v) is 7.73. The molecule has 0 radical (unpaired) electrons. The molecule has 7 heteroatoms. The zero-order valence-electron chi connectivity index (χ0n) is 12.9. The van der Waals surface area contributed by atoms with E-state index in [0.29, 0.717) is 13.1 Å². The number of piperazine rings is 1. The Morgan fingerprint density at radius 1 is 1.33 bits per heavy atom. The Bertz CT molecular complexity index is 512. The van der Waals surface area contributed by atoms with Gasteiger partial charge in [0.1, 0.15) is 17.7 Å². The molecule has 2 aliphatic heterocycles. The van der Waals surface area contributed by atoms with Gasteiger partial charge in [-0.2, -0.15) is 0 Å². The van der Waals surface area contributed by atoms with Crippen LogP contribution in [0.3, 0.4) is 0 Å². The Morgan fingerprint density at radius 2 is 2.19 bits per heavy atom. The Morgan fingerprint density at radius 3 is 3.00 bits per heavy atom. The minimum absolute atomic E-state index is 0.106. The summed E-state index contributed by atoms with van der Waals surface area (Å²) in [7, 11) is 3.63. The Labute approximate surface area is 125 Å². The van der Waals surface area contributed by atoms with Crippen molar-refractivity contribution in [2.45, 2.75) is 38.4 Å². The van der Waals surface area contributed by atoms with Crippen molar-refractivity contribution in [3.63, 3.8) is 0 Å². The lowest BCUT2D eigenvalue weighted by molar-refractivity contribution is -0.135. The van der Waals surface area contributed by atoms with Crippen molar-refractivity contribution in [3.05, 3.63) is 11.6 Å². The largest absolute Gasteiger partial charge is 0.347 e.